The molecule has 0 radical (unpaired) electrons. The standard InChI is InChI=1S/C21H18F3N3O/c1-14-2-4-15(5-3-14)12-25-19-11-6-16(13-26-19)20(28)27-18-9-7-17(8-10-18)21(22,23)24/h2-11,13H,12H2,1H3,(H,25,26)(H,27,28). The first-order valence-corrected chi connectivity index (χ1v) is 8.55. The van der Waals surface area contributed by atoms with Crippen LogP contribution in [0.1, 0.15) is 27.0 Å². The van der Waals surface area contributed by atoms with E-state index in [1.165, 1.54) is 23.9 Å². The summed E-state index contributed by atoms with van der Waals surface area (Å²) in [6.07, 6.45) is -3.00. The van der Waals surface area contributed by atoms with E-state index in [0.717, 1.165) is 17.7 Å². The molecule has 0 spiro atoms. The Morgan fingerprint density at radius 1 is 0.964 bits per heavy atom. The summed E-state index contributed by atoms with van der Waals surface area (Å²) in [6, 6.07) is 15.6. The van der Waals surface area contributed by atoms with Crippen molar-refractivity contribution in [3.05, 3.63) is 89.1 Å². The van der Waals surface area contributed by atoms with Gasteiger partial charge in [-0.05, 0) is 48.9 Å². The lowest BCUT2D eigenvalue weighted by Gasteiger charge is -2.09. The topological polar surface area (TPSA) is 54.0 Å². The lowest BCUT2D eigenvalue weighted by atomic mass is 10.1. The molecule has 1 aromatic heterocycles. The highest BCUT2D eigenvalue weighted by molar-refractivity contribution is 6.04. The van der Waals surface area contributed by atoms with Crippen molar-refractivity contribution in [2.45, 2.75) is 19.6 Å². The summed E-state index contributed by atoms with van der Waals surface area (Å²) < 4.78 is 37.7. The largest absolute Gasteiger partial charge is 0.416 e. The molecule has 0 aliphatic heterocycles. The summed E-state index contributed by atoms with van der Waals surface area (Å²) in [5.41, 5.74) is 2.11. The minimum atomic E-state index is -4.41. The van der Waals surface area contributed by atoms with Crippen LogP contribution in [0.15, 0.2) is 66.9 Å². The Balaban J connectivity index is 1.58. The second kappa shape index (κ2) is 8.12. The number of anilines is 2. The second-order valence-electron chi connectivity index (χ2n) is 6.30. The number of rotatable bonds is 5. The van der Waals surface area contributed by atoms with Crippen LogP contribution < -0.4 is 10.6 Å². The zero-order valence-electron chi connectivity index (χ0n) is 15.0. The average Bonchev–Trinajstić information content (AvgIpc) is 2.67. The molecule has 3 aromatic rings. The van der Waals surface area contributed by atoms with Gasteiger partial charge in [-0.1, -0.05) is 29.8 Å². The van der Waals surface area contributed by atoms with E-state index >= 15 is 0 Å². The van der Waals surface area contributed by atoms with Crippen molar-refractivity contribution in [2.24, 2.45) is 0 Å². The summed E-state index contributed by atoms with van der Waals surface area (Å²) in [4.78, 5) is 16.4. The van der Waals surface area contributed by atoms with Crippen molar-refractivity contribution >= 4 is 17.4 Å². The van der Waals surface area contributed by atoms with Gasteiger partial charge >= 0.3 is 6.18 Å². The molecule has 3 rings (SSSR count). The van der Waals surface area contributed by atoms with E-state index in [0.29, 0.717) is 17.9 Å². The maximum Gasteiger partial charge on any atom is 0.416 e. The molecule has 0 bridgehead atoms. The van der Waals surface area contributed by atoms with Crippen molar-refractivity contribution in [1.82, 2.24) is 4.98 Å². The maximum absolute atomic E-state index is 12.6. The van der Waals surface area contributed by atoms with Gasteiger partial charge in [0.1, 0.15) is 5.82 Å². The number of nitrogens with one attached hydrogen (secondary N) is 2. The lowest BCUT2D eigenvalue weighted by molar-refractivity contribution is -0.137. The monoisotopic (exact) mass is 385 g/mol. The van der Waals surface area contributed by atoms with Gasteiger partial charge in [0.05, 0.1) is 11.1 Å². The van der Waals surface area contributed by atoms with Crippen molar-refractivity contribution in [3.63, 3.8) is 0 Å². The predicted octanol–water partition coefficient (Wildman–Crippen LogP) is 5.27. The molecule has 28 heavy (non-hydrogen) atoms. The summed E-state index contributed by atoms with van der Waals surface area (Å²) in [6.45, 7) is 2.62. The van der Waals surface area contributed by atoms with Gasteiger partial charge in [0, 0.05) is 18.4 Å². The van der Waals surface area contributed by atoms with Crippen LogP contribution in [0.2, 0.25) is 0 Å². The van der Waals surface area contributed by atoms with E-state index < -0.39 is 17.6 Å². The van der Waals surface area contributed by atoms with Crippen LogP contribution in [0.25, 0.3) is 0 Å². The molecule has 0 saturated carbocycles. The summed E-state index contributed by atoms with van der Waals surface area (Å²) in [5, 5.41) is 5.72. The molecule has 4 nitrogen and oxygen atoms in total. The van der Waals surface area contributed by atoms with Crippen molar-refractivity contribution in [2.75, 3.05) is 10.6 Å². The predicted molar refractivity (Wildman–Crippen MR) is 102 cm³/mol. The quantitative estimate of drug-likeness (QED) is 0.629. The molecule has 1 amide bonds. The van der Waals surface area contributed by atoms with E-state index in [1.807, 2.05) is 31.2 Å². The van der Waals surface area contributed by atoms with Gasteiger partial charge in [0.2, 0.25) is 0 Å². The first kappa shape index (κ1) is 19.4. The highest BCUT2D eigenvalue weighted by Gasteiger charge is 2.30. The van der Waals surface area contributed by atoms with E-state index in [1.54, 1.807) is 12.1 Å². The molecule has 2 aromatic carbocycles. The molecular formula is C21H18F3N3O. The van der Waals surface area contributed by atoms with Crippen LogP contribution in [0.5, 0.6) is 0 Å². The van der Waals surface area contributed by atoms with Crippen LogP contribution in [0.4, 0.5) is 24.7 Å². The first-order valence-electron chi connectivity index (χ1n) is 8.55. The van der Waals surface area contributed by atoms with E-state index in [4.69, 9.17) is 0 Å². The van der Waals surface area contributed by atoms with E-state index in [2.05, 4.69) is 15.6 Å². The fourth-order valence-electron chi connectivity index (χ4n) is 2.48. The Morgan fingerprint density at radius 3 is 2.21 bits per heavy atom. The smallest absolute Gasteiger partial charge is 0.366 e. The number of halogens is 3. The molecule has 0 atom stereocenters. The Kier molecular flexibility index (Phi) is 5.63. The van der Waals surface area contributed by atoms with E-state index in [-0.39, 0.29) is 5.69 Å². The van der Waals surface area contributed by atoms with E-state index in [9.17, 15) is 18.0 Å². The van der Waals surface area contributed by atoms with Crippen LogP contribution in [0.3, 0.4) is 0 Å². The number of hydrogen-bond acceptors (Lipinski definition) is 3. The highest BCUT2D eigenvalue weighted by Crippen LogP contribution is 2.29. The number of nitrogens with zero attached hydrogens (tertiary/aromatic N) is 1. The molecule has 0 fully saturated rings. The highest BCUT2D eigenvalue weighted by atomic mass is 19.4. The third kappa shape index (κ3) is 5.09. The number of aromatic nitrogens is 1. The number of hydrogen-bond donors (Lipinski definition) is 2. The van der Waals surface area contributed by atoms with Gasteiger partial charge < -0.3 is 10.6 Å². The van der Waals surface area contributed by atoms with Crippen LogP contribution in [-0.4, -0.2) is 10.9 Å². The number of pyridine rings is 1. The number of amides is 1. The van der Waals surface area contributed by atoms with Crippen molar-refractivity contribution in [1.29, 1.82) is 0 Å². The Hall–Kier alpha value is -3.35. The van der Waals surface area contributed by atoms with Crippen molar-refractivity contribution in [3.8, 4) is 0 Å². The fourth-order valence-corrected chi connectivity index (χ4v) is 2.48. The zero-order chi connectivity index (χ0) is 20.1. The van der Waals surface area contributed by atoms with Gasteiger partial charge in [0.25, 0.3) is 5.91 Å². The SMILES string of the molecule is Cc1ccc(CNc2ccc(C(=O)Nc3ccc(C(F)(F)F)cc3)cn2)cc1. The number of aryl methyl sites for hydroxylation is 1. The molecule has 0 unspecified atom stereocenters. The van der Waals surface area contributed by atoms with Crippen LogP contribution >= 0.6 is 0 Å². The minimum Gasteiger partial charge on any atom is -0.366 e. The van der Waals surface area contributed by atoms with Crippen LogP contribution in [0, 0.1) is 6.92 Å². The fraction of sp³-hybridized carbons (Fsp3) is 0.143. The molecule has 1 heterocycles. The molecule has 144 valence electrons. The van der Waals surface area contributed by atoms with Crippen molar-refractivity contribution < 1.29 is 18.0 Å². The minimum absolute atomic E-state index is 0.277. The first-order chi connectivity index (χ1) is 13.3. The second-order valence-corrected chi connectivity index (χ2v) is 6.30. The third-order valence-electron chi connectivity index (χ3n) is 4.09. The van der Waals surface area contributed by atoms with Crippen LogP contribution in [-0.2, 0) is 12.7 Å². The maximum atomic E-state index is 12.6. The molecular weight excluding hydrogens is 367 g/mol. The van der Waals surface area contributed by atoms with Gasteiger partial charge in [0.15, 0.2) is 0 Å². The Bertz CT molecular complexity index is 935. The average molecular weight is 385 g/mol. The van der Waals surface area contributed by atoms with Gasteiger partial charge in [-0.2, -0.15) is 13.2 Å². The Labute approximate surface area is 160 Å². The molecule has 0 saturated heterocycles. The normalized spacial score (nSPS) is 11.1. The number of carbonyl (C=O) groups is 1. The number of benzene rings is 2. The Morgan fingerprint density at radius 2 is 1.64 bits per heavy atom. The lowest BCUT2D eigenvalue weighted by Crippen LogP contribution is -2.13. The summed E-state index contributed by atoms with van der Waals surface area (Å²) in [5.74, 6) is 0.170. The van der Waals surface area contributed by atoms with Gasteiger partial charge in [-0.3, -0.25) is 4.79 Å². The molecule has 7 heteroatoms. The van der Waals surface area contributed by atoms with Gasteiger partial charge in [-0.15, -0.1) is 0 Å². The number of alkyl halides is 3. The zero-order valence-corrected chi connectivity index (χ0v) is 15.0. The summed E-state index contributed by atoms with van der Waals surface area (Å²) in [7, 11) is 0. The summed E-state index contributed by atoms with van der Waals surface area (Å²) >= 11 is 0. The van der Waals surface area contributed by atoms with Gasteiger partial charge in [-0.25, -0.2) is 4.98 Å². The molecule has 0 aliphatic rings. The molecule has 2 N–H and O–H groups in total. The molecule has 0 aliphatic carbocycles. The third-order valence-corrected chi connectivity index (χ3v) is 4.09. The number of carbonyl (C=O) groups excluding carboxylic acids is 1.